The summed E-state index contributed by atoms with van der Waals surface area (Å²) in [5, 5.41) is 18.8. The Morgan fingerprint density at radius 3 is 3.00 bits per heavy atom. The first kappa shape index (κ1) is 9.71. The molecule has 0 bridgehead atoms. The maximum absolute atomic E-state index is 10.4. The lowest BCUT2D eigenvalue weighted by Gasteiger charge is -2.02. The Kier molecular flexibility index (Phi) is 3.01. The summed E-state index contributed by atoms with van der Waals surface area (Å²) in [6.45, 7) is 0. The fraction of sp³-hybridized carbons (Fsp3) is 0.250. The quantitative estimate of drug-likeness (QED) is 0.740. The van der Waals surface area contributed by atoms with Gasteiger partial charge in [-0.1, -0.05) is 0 Å². The molecule has 1 rings (SSSR count). The van der Waals surface area contributed by atoms with Crippen LogP contribution in [-0.2, 0) is 11.2 Å². The number of carbonyl (C=O) groups is 1. The Bertz CT molecular complexity index is 353. The highest BCUT2D eigenvalue weighted by atomic mass is 32.1. The molecule has 0 aliphatic rings. The lowest BCUT2D eigenvalue weighted by Crippen LogP contribution is -2.32. The third kappa shape index (κ3) is 2.54. The van der Waals surface area contributed by atoms with Gasteiger partial charge in [-0.3, -0.25) is 4.79 Å². The van der Waals surface area contributed by atoms with Crippen molar-refractivity contribution in [1.29, 1.82) is 5.26 Å². The Hall–Kier alpha value is -1.38. The van der Waals surface area contributed by atoms with Crippen LogP contribution >= 0.6 is 11.3 Å². The second kappa shape index (κ2) is 4.03. The molecule has 0 radical (unpaired) electrons. The van der Waals surface area contributed by atoms with Crippen molar-refractivity contribution < 1.29 is 9.90 Å². The molecule has 0 aromatic carbocycles. The van der Waals surface area contributed by atoms with Gasteiger partial charge in [0.1, 0.15) is 17.0 Å². The summed E-state index contributed by atoms with van der Waals surface area (Å²) in [7, 11) is 0. The van der Waals surface area contributed by atoms with Gasteiger partial charge in [0.2, 0.25) is 0 Å². The number of thiophene rings is 1. The van der Waals surface area contributed by atoms with Crippen molar-refractivity contribution in [1.82, 2.24) is 0 Å². The Labute approximate surface area is 79.2 Å². The van der Waals surface area contributed by atoms with Crippen LogP contribution < -0.4 is 5.73 Å². The maximum atomic E-state index is 10.4. The Morgan fingerprint density at radius 2 is 2.54 bits per heavy atom. The highest BCUT2D eigenvalue weighted by molar-refractivity contribution is 7.10. The van der Waals surface area contributed by atoms with Crippen LogP contribution in [0.3, 0.4) is 0 Å². The van der Waals surface area contributed by atoms with Crippen molar-refractivity contribution in [2.75, 3.05) is 0 Å². The molecule has 0 fully saturated rings. The van der Waals surface area contributed by atoms with E-state index in [1.807, 2.05) is 6.07 Å². The third-order valence-electron chi connectivity index (χ3n) is 1.54. The Morgan fingerprint density at radius 1 is 1.85 bits per heavy atom. The molecule has 1 heterocycles. The van der Waals surface area contributed by atoms with Gasteiger partial charge in [-0.2, -0.15) is 5.26 Å². The molecule has 5 heteroatoms. The van der Waals surface area contributed by atoms with Crippen molar-refractivity contribution >= 4 is 17.3 Å². The normalized spacial score (nSPS) is 12.0. The number of hydrogen-bond donors (Lipinski definition) is 2. The van der Waals surface area contributed by atoms with Gasteiger partial charge in [-0.05, 0) is 23.4 Å². The van der Waals surface area contributed by atoms with Gasteiger partial charge < -0.3 is 10.8 Å². The van der Waals surface area contributed by atoms with Gasteiger partial charge in [-0.25, -0.2) is 0 Å². The fourth-order valence-electron chi connectivity index (χ4n) is 0.883. The maximum Gasteiger partial charge on any atom is 0.320 e. The van der Waals surface area contributed by atoms with Crippen molar-refractivity contribution in [2.45, 2.75) is 12.5 Å². The molecule has 0 aliphatic heterocycles. The summed E-state index contributed by atoms with van der Waals surface area (Å²) in [6.07, 6.45) is 0.271. The lowest BCUT2D eigenvalue weighted by molar-refractivity contribution is -0.138. The predicted molar refractivity (Wildman–Crippen MR) is 48.3 cm³/mol. The van der Waals surface area contributed by atoms with Crippen LogP contribution in [0, 0.1) is 11.3 Å². The van der Waals surface area contributed by atoms with E-state index in [0.29, 0.717) is 4.88 Å². The van der Waals surface area contributed by atoms with Gasteiger partial charge in [0.05, 0.1) is 0 Å². The van der Waals surface area contributed by atoms with E-state index in [2.05, 4.69) is 0 Å². The monoisotopic (exact) mass is 196 g/mol. The molecular weight excluding hydrogens is 188 g/mol. The zero-order valence-electron chi connectivity index (χ0n) is 6.73. The second-order valence-corrected chi connectivity index (χ2v) is 3.49. The first-order chi connectivity index (χ1) is 6.13. The summed E-state index contributed by atoms with van der Waals surface area (Å²) in [6, 6.07) is 2.75. The largest absolute Gasteiger partial charge is 0.480 e. The molecule has 0 amide bonds. The van der Waals surface area contributed by atoms with Gasteiger partial charge >= 0.3 is 5.97 Å². The van der Waals surface area contributed by atoms with E-state index < -0.39 is 12.0 Å². The molecule has 1 atom stereocenters. The zero-order valence-corrected chi connectivity index (χ0v) is 7.54. The van der Waals surface area contributed by atoms with E-state index in [4.69, 9.17) is 16.1 Å². The van der Waals surface area contributed by atoms with Crippen molar-refractivity contribution in [2.24, 2.45) is 5.73 Å². The predicted octanol–water partition coefficient (Wildman–Crippen LogP) is 0.574. The molecule has 4 nitrogen and oxygen atoms in total. The average Bonchev–Trinajstić information content (AvgIpc) is 2.52. The molecule has 1 unspecified atom stereocenters. The van der Waals surface area contributed by atoms with Crippen LogP contribution in [0.5, 0.6) is 0 Å². The van der Waals surface area contributed by atoms with Crippen LogP contribution in [0.15, 0.2) is 11.4 Å². The topological polar surface area (TPSA) is 87.1 Å². The molecule has 0 saturated carbocycles. The highest BCUT2D eigenvalue weighted by Crippen LogP contribution is 2.14. The highest BCUT2D eigenvalue weighted by Gasteiger charge is 2.12. The summed E-state index contributed by atoms with van der Waals surface area (Å²) in [5.41, 5.74) is 6.12. The number of nitrogens with zero attached hydrogens (tertiary/aromatic N) is 1. The fourth-order valence-corrected chi connectivity index (χ4v) is 1.60. The van der Waals surface area contributed by atoms with Crippen LogP contribution in [0.25, 0.3) is 0 Å². The standard InChI is InChI=1S/C8H8N2O2S/c9-3-6-1-5(4-13-6)2-7(10)8(11)12/h1,4,7H,2,10H2,(H,11,12). The van der Waals surface area contributed by atoms with E-state index >= 15 is 0 Å². The van der Waals surface area contributed by atoms with Gasteiger partial charge in [0, 0.05) is 0 Å². The van der Waals surface area contributed by atoms with Crippen molar-refractivity contribution in [3.05, 3.63) is 21.9 Å². The number of hydrogen-bond acceptors (Lipinski definition) is 4. The van der Waals surface area contributed by atoms with Gasteiger partial charge in [0.25, 0.3) is 0 Å². The van der Waals surface area contributed by atoms with E-state index in [9.17, 15) is 4.79 Å². The number of nitriles is 1. The molecule has 68 valence electrons. The number of carboxylic acid groups (broad SMARTS) is 1. The minimum Gasteiger partial charge on any atom is -0.480 e. The first-order valence-corrected chi connectivity index (χ1v) is 4.47. The van der Waals surface area contributed by atoms with Crippen LogP contribution in [0.2, 0.25) is 0 Å². The summed E-state index contributed by atoms with van der Waals surface area (Å²) in [5.74, 6) is -1.02. The van der Waals surface area contributed by atoms with Gasteiger partial charge in [-0.15, -0.1) is 11.3 Å². The third-order valence-corrected chi connectivity index (χ3v) is 2.42. The number of carboxylic acids is 1. The number of nitrogens with two attached hydrogens (primary N) is 1. The smallest absolute Gasteiger partial charge is 0.320 e. The minimum atomic E-state index is -1.02. The number of aliphatic carboxylic acids is 1. The Balaban J connectivity index is 2.65. The van der Waals surface area contributed by atoms with E-state index in [-0.39, 0.29) is 6.42 Å². The van der Waals surface area contributed by atoms with E-state index in [1.54, 1.807) is 11.4 Å². The van der Waals surface area contributed by atoms with Crippen LogP contribution in [0.4, 0.5) is 0 Å². The molecule has 1 aromatic rings. The zero-order chi connectivity index (χ0) is 9.84. The average molecular weight is 196 g/mol. The lowest BCUT2D eigenvalue weighted by atomic mass is 10.1. The molecule has 0 spiro atoms. The molecule has 0 saturated heterocycles. The minimum absolute atomic E-state index is 0.271. The second-order valence-electron chi connectivity index (χ2n) is 2.58. The van der Waals surface area contributed by atoms with Crippen molar-refractivity contribution in [3.8, 4) is 6.07 Å². The molecular formula is C8H8N2O2S. The summed E-state index contributed by atoms with van der Waals surface area (Å²) >= 11 is 1.29. The van der Waals surface area contributed by atoms with E-state index in [1.165, 1.54) is 11.3 Å². The first-order valence-electron chi connectivity index (χ1n) is 3.59. The summed E-state index contributed by atoms with van der Waals surface area (Å²) in [4.78, 5) is 11.0. The van der Waals surface area contributed by atoms with Crippen LogP contribution in [-0.4, -0.2) is 17.1 Å². The molecule has 0 aliphatic carbocycles. The van der Waals surface area contributed by atoms with E-state index in [0.717, 1.165) is 5.56 Å². The number of rotatable bonds is 3. The van der Waals surface area contributed by atoms with Gasteiger partial charge in [0.15, 0.2) is 0 Å². The van der Waals surface area contributed by atoms with Crippen molar-refractivity contribution in [3.63, 3.8) is 0 Å². The molecule has 1 aromatic heterocycles. The molecule has 3 N–H and O–H groups in total. The van der Waals surface area contributed by atoms with Crippen LogP contribution in [0.1, 0.15) is 10.4 Å². The SMILES string of the molecule is N#Cc1cc(CC(N)C(=O)O)cs1. The summed E-state index contributed by atoms with van der Waals surface area (Å²) < 4.78 is 0. The molecule has 13 heavy (non-hydrogen) atoms.